The zero-order valence-corrected chi connectivity index (χ0v) is 14.4. The largest absolute Gasteiger partial charge is 0.426 e. The molecule has 4 rings (SSSR count). The summed E-state index contributed by atoms with van der Waals surface area (Å²) < 4.78 is 5.73. The van der Waals surface area contributed by atoms with Crippen molar-refractivity contribution in [2.24, 2.45) is 5.92 Å². The van der Waals surface area contributed by atoms with Gasteiger partial charge in [-0.3, -0.25) is 4.79 Å². The third kappa shape index (κ3) is 3.45. The second-order valence-electron chi connectivity index (χ2n) is 6.55. The predicted molar refractivity (Wildman–Crippen MR) is 103 cm³/mol. The van der Waals surface area contributed by atoms with Crippen LogP contribution in [-0.2, 0) is 16.0 Å². The second kappa shape index (κ2) is 7.40. The second-order valence-corrected chi connectivity index (χ2v) is 6.55. The van der Waals surface area contributed by atoms with Gasteiger partial charge < -0.3 is 4.74 Å². The zero-order chi connectivity index (χ0) is 17.8. The van der Waals surface area contributed by atoms with Crippen LogP contribution in [0.5, 0.6) is 0 Å². The molecule has 0 saturated carbocycles. The Bertz CT molecular complexity index is 899. The van der Waals surface area contributed by atoms with Crippen LogP contribution in [-0.4, -0.2) is 5.97 Å². The topological polar surface area (TPSA) is 26.3 Å². The molecule has 0 aromatic heterocycles. The van der Waals surface area contributed by atoms with E-state index in [1.807, 2.05) is 66.7 Å². The molecule has 2 unspecified atom stereocenters. The van der Waals surface area contributed by atoms with E-state index in [-0.39, 0.29) is 17.8 Å². The molecule has 128 valence electrons. The van der Waals surface area contributed by atoms with Gasteiger partial charge in [0.2, 0.25) is 0 Å². The average Bonchev–Trinajstić information content (AvgIpc) is 2.71. The van der Waals surface area contributed by atoms with Gasteiger partial charge in [0, 0.05) is 11.5 Å². The van der Waals surface area contributed by atoms with Crippen molar-refractivity contribution < 1.29 is 9.53 Å². The molecule has 0 N–H and O–H groups in total. The van der Waals surface area contributed by atoms with Gasteiger partial charge in [-0.1, -0.05) is 91.0 Å². The highest BCUT2D eigenvalue weighted by molar-refractivity contribution is 5.84. The molecule has 0 saturated heterocycles. The number of allylic oxidation sites excluding steroid dienone is 1. The van der Waals surface area contributed by atoms with Crippen molar-refractivity contribution in [2.45, 2.75) is 12.3 Å². The van der Waals surface area contributed by atoms with Crippen molar-refractivity contribution in [2.75, 3.05) is 0 Å². The van der Waals surface area contributed by atoms with Crippen LogP contribution >= 0.6 is 0 Å². The molecular formula is C24H20O2. The van der Waals surface area contributed by atoms with Crippen molar-refractivity contribution in [1.82, 2.24) is 0 Å². The first kappa shape index (κ1) is 16.3. The van der Waals surface area contributed by atoms with Crippen molar-refractivity contribution in [3.05, 3.63) is 114 Å². The fraction of sp³-hybridized carbons (Fsp3) is 0.125. The molecule has 2 atom stereocenters. The summed E-state index contributed by atoms with van der Waals surface area (Å²) in [7, 11) is 0. The van der Waals surface area contributed by atoms with E-state index >= 15 is 0 Å². The van der Waals surface area contributed by atoms with E-state index in [4.69, 9.17) is 4.74 Å². The SMILES string of the molecule is O=C1OC(c2ccccc2)=CC(c2ccccc2)C1Cc1ccccc1. The molecule has 3 aromatic carbocycles. The highest BCUT2D eigenvalue weighted by atomic mass is 16.5. The van der Waals surface area contributed by atoms with Gasteiger partial charge in [0.25, 0.3) is 0 Å². The first-order valence-corrected chi connectivity index (χ1v) is 8.89. The summed E-state index contributed by atoms with van der Waals surface area (Å²) in [6.45, 7) is 0. The van der Waals surface area contributed by atoms with Crippen molar-refractivity contribution in [1.29, 1.82) is 0 Å². The summed E-state index contributed by atoms with van der Waals surface area (Å²) in [5.74, 6) is 0.248. The molecule has 26 heavy (non-hydrogen) atoms. The van der Waals surface area contributed by atoms with Crippen LogP contribution in [0.25, 0.3) is 5.76 Å². The molecular weight excluding hydrogens is 320 g/mol. The molecule has 2 heteroatoms. The summed E-state index contributed by atoms with van der Waals surface area (Å²) in [4.78, 5) is 12.9. The number of hydrogen-bond donors (Lipinski definition) is 0. The van der Waals surface area contributed by atoms with Gasteiger partial charge in [-0.05, 0) is 23.6 Å². The minimum Gasteiger partial charge on any atom is -0.426 e. The molecule has 2 nitrogen and oxygen atoms in total. The van der Waals surface area contributed by atoms with Crippen molar-refractivity contribution in [3.8, 4) is 0 Å². The van der Waals surface area contributed by atoms with Gasteiger partial charge in [0.05, 0.1) is 5.92 Å². The van der Waals surface area contributed by atoms with E-state index in [0.717, 1.165) is 16.7 Å². The molecule has 0 bridgehead atoms. The van der Waals surface area contributed by atoms with Crippen LogP contribution in [0.15, 0.2) is 97.1 Å². The van der Waals surface area contributed by atoms with Gasteiger partial charge in [-0.25, -0.2) is 0 Å². The Morgan fingerprint density at radius 2 is 1.31 bits per heavy atom. The maximum absolute atomic E-state index is 12.9. The monoisotopic (exact) mass is 340 g/mol. The number of carbonyl (C=O) groups excluding carboxylic acids is 1. The van der Waals surface area contributed by atoms with Crippen LogP contribution in [0.2, 0.25) is 0 Å². The molecule has 0 fully saturated rings. The Kier molecular flexibility index (Phi) is 4.65. The van der Waals surface area contributed by atoms with Crippen molar-refractivity contribution in [3.63, 3.8) is 0 Å². The number of ether oxygens (including phenoxy) is 1. The maximum Gasteiger partial charge on any atom is 0.315 e. The molecule has 1 aliphatic heterocycles. The minimum absolute atomic E-state index is 0.00661. The van der Waals surface area contributed by atoms with E-state index in [1.54, 1.807) is 0 Å². The fourth-order valence-corrected chi connectivity index (χ4v) is 3.48. The number of esters is 1. The van der Waals surface area contributed by atoms with Crippen LogP contribution in [0.4, 0.5) is 0 Å². The Morgan fingerprint density at radius 3 is 1.96 bits per heavy atom. The molecule has 0 aliphatic carbocycles. The molecule has 1 aliphatic rings. The van der Waals surface area contributed by atoms with Crippen LogP contribution in [0, 0.1) is 5.92 Å². The summed E-state index contributed by atoms with van der Waals surface area (Å²) in [6, 6.07) is 30.1. The van der Waals surface area contributed by atoms with Gasteiger partial charge in [-0.2, -0.15) is 0 Å². The third-order valence-electron chi connectivity index (χ3n) is 4.82. The lowest BCUT2D eigenvalue weighted by atomic mass is 9.80. The van der Waals surface area contributed by atoms with Gasteiger partial charge in [0.15, 0.2) is 0 Å². The number of cyclic esters (lactones) is 1. The predicted octanol–water partition coefficient (Wildman–Crippen LogP) is 5.23. The normalized spacial score (nSPS) is 19.5. The first-order valence-electron chi connectivity index (χ1n) is 8.89. The van der Waals surface area contributed by atoms with Gasteiger partial charge >= 0.3 is 5.97 Å². The van der Waals surface area contributed by atoms with E-state index in [9.17, 15) is 4.79 Å². The molecule has 0 radical (unpaired) electrons. The lowest BCUT2D eigenvalue weighted by molar-refractivity contribution is -0.142. The Morgan fingerprint density at radius 1 is 0.731 bits per heavy atom. The highest BCUT2D eigenvalue weighted by Gasteiger charge is 2.35. The first-order chi connectivity index (χ1) is 12.8. The number of carbonyl (C=O) groups is 1. The van der Waals surface area contributed by atoms with E-state index in [2.05, 4.69) is 30.3 Å². The maximum atomic E-state index is 12.9. The van der Waals surface area contributed by atoms with Crippen LogP contribution in [0.1, 0.15) is 22.6 Å². The number of benzene rings is 3. The van der Waals surface area contributed by atoms with Gasteiger partial charge in [-0.15, -0.1) is 0 Å². The average molecular weight is 340 g/mol. The minimum atomic E-state index is -0.229. The third-order valence-corrected chi connectivity index (χ3v) is 4.82. The number of hydrogen-bond acceptors (Lipinski definition) is 2. The smallest absolute Gasteiger partial charge is 0.315 e. The summed E-state index contributed by atoms with van der Waals surface area (Å²) in [5.41, 5.74) is 3.21. The zero-order valence-electron chi connectivity index (χ0n) is 14.4. The van der Waals surface area contributed by atoms with E-state index < -0.39 is 0 Å². The van der Waals surface area contributed by atoms with Crippen LogP contribution < -0.4 is 0 Å². The fourth-order valence-electron chi connectivity index (χ4n) is 3.48. The highest BCUT2D eigenvalue weighted by Crippen LogP contribution is 2.37. The standard InChI is InChI=1S/C24H20O2/c25-24-22(16-18-10-4-1-5-11-18)21(19-12-6-2-7-13-19)17-23(26-24)20-14-8-3-9-15-20/h1-15,17,21-22H,16H2. The van der Waals surface area contributed by atoms with E-state index in [1.165, 1.54) is 0 Å². The molecule has 0 spiro atoms. The summed E-state index contributed by atoms with van der Waals surface area (Å²) in [5, 5.41) is 0. The Balaban J connectivity index is 1.73. The molecule has 1 heterocycles. The molecule has 0 amide bonds. The van der Waals surface area contributed by atoms with Gasteiger partial charge in [0.1, 0.15) is 5.76 Å². The summed E-state index contributed by atoms with van der Waals surface area (Å²) >= 11 is 0. The quantitative estimate of drug-likeness (QED) is 0.608. The van der Waals surface area contributed by atoms with Crippen molar-refractivity contribution >= 4 is 11.7 Å². The Labute approximate surface area is 153 Å². The lowest BCUT2D eigenvalue weighted by Gasteiger charge is -2.29. The van der Waals surface area contributed by atoms with Crippen LogP contribution in [0.3, 0.4) is 0 Å². The lowest BCUT2D eigenvalue weighted by Crippen LogP contribution is -2.29. The summed E-state index contributed by atoms with van der Waals surface area (Å²) in [6.07, 6.45) is 2.76. The number of rotatable bonds is 4. The Hall–Kier alpha value is -3.13. The van der Waals surface area contributed by atoms with E-state index in [0.29, 0.717) is 12.2 Å². The molecule has 3 aromatic rings.